The molecule has 3 aliphatic rings. The van der Waals surface area contributed by atoms with E-state index in [0.29, 0.717) is 11.4 Å². The van der Waals surface area contributed by atoms with Gasteiger partial charge in [0.2, 0.25) is 0 Å². The minimum atomic E-state index is -2.40. The molecule has 0 unspecified atom stereocenters. The molecule has 3 fully saturated rings. The predicted octanol–water partition coefficient (Wildman–Crippen LogP) is 4.51. The molecule has 7 rings (SSSR count). The van der Waals surface area contributed by atoms with Gasteiger partial charge < -0.3 is 39.4 Å². The Bertz CT molecular complexity index is 2040. The fraction of sp³-hybridized carbons (Fsp3) is 0.550. The number of hydrogen-bond donors (Lipinski definition) is 2. The SMILES string of the molecule is CC1(C)OB(c2cnn(CCN3CCOCC3)c2)OC1(C)C.CP(C)(=O)c1cc(-c2cnn(CCN3CCOCC3)c2)ccc1N.CP(C)(=O)c1cc(Br)ccc1N. The first kappa shape index (κ1) is 46.3. The molecule has 2 aromatic carbocycles. The van der Waals surface area contributed by atoms with E-state index in [1.165, 1.54) is 0 Å². The lowest BCUT2D eigenvalue weighted by Crippen LogP contribution is -2.41. The molecule has 2 aromatic heterocycles. The largest absolute Gasteiger partial charge is 0.498 e. The van der Waals surface area contributed by atoms with E-state index in [0.717, 1.165) is 110 Å². The smallest absolute Gasteiger partial charge is 0.399 e. The minimum Gasteiger partial charge on any atom is -0.399 e. The quantitative estimate of drug-likeness (QED) is 0.130. The first-order valence-electron chi connectivity index (χ1n) is 19.8. The number of nitrogen functional groups attached to an aromatic ring is 2. The van der Waals surface area contributed by atoms with Crippen LogP contribution in [-0.4, -0.2) is 140 Å². The third-order valence-corrected chi connectivity index (χ3v) is 14.4. The summed E-state index contributed by atoms with van der Waals surface area (Å²) in [5, 5.41) is 10.4. The van der Waals surface area contributed by atoms with E-state index in [1.807, 2.05) is 64.5 Å². The van der Waals surface area contributed by atoms with Crippen molar-refractivity contribution in [2.75, 3.05) is 104 Å². The maximum Gasteiger partial charge on any atom is 0.498 e. The first-order chi connectivity index (χ1) is 27.2. The molecule has 0 amide bonds. The number of anilines is 2. The van der Waals surface area contributed by atoms with Gasteiger partial charge in [-0.05, 0) is 90.2 Å². The van der Waals surface area contributed by atoms with Crippen LogP contribution < -0.4 is 27.5 Å². The van der Waals surface area contributed by atoms with Crippen LogP contribution in [0.15, 0.2) is 65.7 Å². The van der Waals surface area contributed by atoms with E-state index in [-0.39, 0.29) is 18.3 Å². The molecule has 5 heterocycles. The Balaban J connectivity index is 0.000000175. The zero-order valence-corrected chi connectivity index (χ0v) is 38.8. The highest BCUT2D eigenvalue weighted by molar-refractivity contribution is 9.10. The number of morpholine rings is 2. The van der Waals surface area contributed by atoms with Gasteiger partial charge in [0.25, 0.3) is 0 Å². The van der Waals surface area contributed by atoms with Crippen molar-refractivity contribution >= 4 is 64.8 Å². The molecule has 3 saturated heterocycles. The van der Waals surface area contributed by atoms with Crippen LogP contribution in [0.5, 0.6) is 0 Å². The molecule has 0 bridgehead atoms. The molecule has 4 aromatic rings. The molecular formula is C40H62BBrN8O6P2. The van der Waals surface area contributed by atoms with Crippen molar-refractivity contribution in [2.45, 2.75) is 52.0 Å². The second-order valence-corrected chi connectivity index (χ2v) is 24.0. The monoisotopic (exact) mass is 902 g/mol. The summed E-state index contributed by atoms with van der Waals surface area (Å²) in [5.74, 6) is 0. The highest BCUT2D eigenvalue weighted by Crippen LogP contribution is 2.39. The van der Waals surface area contributed by atoms with Crippen molar-refractivity contribution in [3.63, 3.8) is 0 Å². The van der Waals surface area contributed by atoms with E-state index in [9.17, 15) is 9.13 Å². The fourth-order valence-corrected chi connectivity index (χ4v) is 9.38. The fourth-order valence-electron chi connectivity index (χ4n) is 6.55. The third-order valence-electron chi connectivity index (χ3n) is 10.8. The first-order valence-corrected chi connectivity index (χ1v) is 25.8. The number of nitrogens with zero attached hydrogens (tertiary/aromatic N) is 6. The van der Waals surface area contributed by atoms with Crippen LogP contribution in [0.1, 0.15) is 27.7 Å². The summed E-state index contributed by atoms with van der Waals surface area (Å²) in [6.07, 6.45) is 7.76. The average molecular weight is 904 g/mol. The van der Waals surface area contributed by atoms with Gasteiger partial charge in [0, 0.05) is 95.3 Å². The number of benzene rings is 2. The maximum absolute atomic E-state index is 12.4. The van der Waals surface area contributed by atoms with Crippen LogP contribution >= 0.6 is 30.2 Å². The lowest BCUT2D eigenvalue weighted by molar-refractivity contribution is 0.00578. The third kappa shape index (κ3) is 12.9. The zero-order chi connectivity index (χ0) is 42.3. The molecule has 318 valence electrons. The summed E-state index contributed by atoms with van der Waals surface area (Å²) in [5.41, 5.74) is 15.2. The van der Waals surface area contributed by atoms with Gasteiger partial charge in [-0.1, -0.05) is 22.0 Å². The highest BCUT2D eigenvalue weighted by Gasteiger charge is 2.52. The Hall–Kier alpha value is -2.78. The van der Waals surface area contributed by atoms with Crippen LogP contribution in [0, 0.1) is 0 Å². The summed E-state index contributed by atoms with van der Waals surface area (Å²) in [7, 11) is -4.97. The van der Waals surface area contributed by atoms with Crippen molar-refractivity contribution in [3.05, 3.63) is 65.7 Å². The van der Waals surface area contributed by atoms with Crippen LogP contribution in [0.2, 0.25) is 0 Å². The van der Waals surface area contributed by atoms with E-state index < -0.39 is 14.3 Å². The maximum atomic E-state index is 12.4. The summed E-state index contributed by atoms with van der Waals surface area (Å²) in [4.78, 5) is 4.79. The van der Waals surface area contributed by atoms with Gasteiger partial charge in [-0.25, -0.2) is 0 Å². The molecule has 0 aliphatic carbocycles. The second-order valence-electron chi connectivity index (χ2n) is 16.7. The van der Waals surface area contributed by atoms with Crippen molar-refractivity contribution in [1.82, 2.24) is 29.4 Å². The topological polar surface area (TPSA) is 165 Å². The van der Waals surface area contributed by atoms with Crippen molar-refractivity contribution in [3.8, 4) is 11.1 Å². The standard InChI is InChI=1S/C17H25N4O2P.C15H26BN3O3.C8H11BrNOP/c1-24(2,22)17-11-14(3-4-16(17)18)15-12-19-21(13-15)6-5-20-7-9-23-10-8-20;1-14(2)15(3,4)22-16(21-14)13-11-17-19(12-13)6-5-18-7-9-20-10-8-18;1-12(2,11)8-5-6(9)3-4-7(8)10/h3-4,11-13H,5-10,18H2,1-2H3;11-12H,5-10H2,1-4H3;3-5H,10H2,1-2H3. The Morgan fingerprint density at radius 2 is 1.14 bits per heavy atom. The Morgan fingerprint density at radius 1 is 0.672 bits per heavy atom. The van der Waals surface area contributed by atoms with Gasteiger partial charge in [-0.15, -0.1) is 0 Å². The van der Waals surface area contributed by atoms with Crippen LogP contribution in [0.4, 0.5) is 11.4 Å². The molecule has 0 atom stereocenters. The number of ether oxygens (including phenoxy) is 2. The molecule has 0 saturated carbocycles. The van der Waals surface area contributed by atoms with Gasteiger partial charge in [0.05, 0.1) is 56.9 Å². The normalized spacial score (nSPS) is 18.6. The molecule has 14 nitrogen and oxygen atoms in total. The molecular weight excluding hydrogens is 841 g/mol. The summed E-state index contributed by atoms with van der Waals surface area (Å²) in [6, 6.07) is 11.1. The van der Waals surface area contributed by atoms with Gasteiger partial charge in [-0.2, -0.15) is 10.2 Å². The minimum absolute atomic E-state index is 0.312. The van der Waals surface area contributed by atoms with Gasteiger partial charge in [-0.3, -0.25) is 19.2 Å². The van der Waals surface area contributed by atoms with E-state index in [1.54, 1.807) is 32.7 Å². The zero-order valence-electron chi connectivity index (χ0n) is 35.4. The summed E-state index contributed by atoms with van der Waals surface area (Å²) < 4.78 is 51.8. The number of nitrogens with two attached hydrogens (primary N) is 2. The van der Waals surface area contributed by atoms with Gasteiger partial charge in [0.15, 0.2) is 0 Å². The van der Waals surface area contributed by atoms with Gasteiger partial charge in [0.1, 0.15) is 14.3 Å². The molecule has 58 heavy (non-hydrogen) atoms. The average Bonchev–Trinajstić information content (AvgIpc) is 3.89. The van der Waals surface area contributed by atoms with Crippen molar-refractivity contribution in [1.29, 1.82) is 0 Å². The number of aromatic nitrogens is 4. The Kier molecular flexibility index (Phi) is 15.8. The number of rotatable bonds is 10. The van der Waals surface area contributed by atoms with Crippen molar-refractivity contribution < 1.29 is 27.9 Å². The van der Waals surface area contributed by atoms with Gasteiger partial charge >= 0.3 is 7.12 Å². The highest BCUT2D eigenvalue weighted by atomic mass is 79.9. The number of hydrogen-bond acceptors (Lipinski definition) is 12. The van der Waals surface area contributed by atoms with Crippen LogP contribution in [0.25, 0.3) is 11.1 Å². The Morgan fingerprint density at radius 3 is 1.64 bits per heavy atom. The van der Waals surface area contributed by atoms with Crippen LogP contribution in [0.3, 0.4) is 0 Å². The molecule has 4 N–H and O–H groups in total. The van der Waals surface area contributed by atoms with E-state index in [4.69, 9.17) is 30.2 Å². The molecule has 0 radical (unpaired) electrons. The van der Waals surface area contributed by atoms with Crippen molar-refractivity contribution in [2.24, 2.45) is 0 Å². The second kappa shape index (κ2) is 19.7. The summed E-state index contributed by atoms with van der Waals surface area (Å²) >= 11 is 3.31. The lowest BCUT2D eigenvalue weighted by atomic mass is 9.82. The number of halogens is 1. The van der Waals surface area contributed by atoms with E-state index in [2.05, 4.69) is 63.6 Å². The molecule has 3 aliphatic heterocycles. The predicted molar refractivity (Wildman–Crippen MR) is 241 cm³/mol. The molecule has 18 heteroatoms. The lowest BCUT2D eigenvalue weighted by Gasteiger charge is -2.32. The van der Waals surface area contributed by atoms with Crippen LogP contribution in [-0.2, 0) is 41.0 Å². The van der Waals surface area contributed by atoms with E-state index >= 15 is 0 Å². The molecule has 0 spiro atoms. The Labute approximate surface area is 353 Å². The summed E-state index contributed by atoms with van der Waals surface area (Å²) in [6.45, 7) is 26.1.